The molecule has 20 heavy (non-hydrogen) atoms. The number of aromatic amines is 1. The van der Waals surface area contributed by atoms with Gasteiger partial charge in [-0.3, -0.25) is 5.10 Å². The average molecular weight is 378 g/mol. The van der Waals surface area contributed by atoms with Crippen molar-refractivity contribution in [2.24, 2.45) is 0 Å². The molecule has 0 unspecified atom stereocenters. The minimum absolute atomic E-state index is 0.0118. The van der Waals surface area contributed by atoms with E-state index in [1.54, 1.807) is 0 Å². The molecule has 0 radical (unpaired) electrons. The zero-order valence-electron chi connectivity index (χ0n) is 9.49. The van der Waals surface area contributed by atoms with Crippen LogP contribution in [-0.4, -0.2) is 20.2 Å². The van der Waals surface area contributed by atoms with E-state index in [4.69, 9.17) is 27.9 Å². The van der Waals surface area contributed by atoms with Crippen LogP contribution >= 0.6 is 39.1 Å². The lowest BCUT2D eigenvalue weighted by molar-refractivity contribution is 0.460. The molecule has 0 bridgehead atoms. The third-order valence-corrected chi connectivity index (χ3v) is 3.51. The van der Waals surface area contributed by atoms with Crippen LogP contribution in [0.2, 0.25) is 10.3 Å². The number of H-pyrrole nitrogens is 1. The summed E-state index contributed by atoms with van der Waals surface area (Å²) in [6.07, 6.45) is 1.49. The van der Waals surface area contributed by atoms with Crippen molar-refractivity contribution in [2.75, 3.05) is 0 Å². The third-order valence-electron chi connectivity index (χ3n) is 2.43. The van der Waals surface area contributed by atoms with E-state index in [1.807, 2.05) is 0 Å². The van der Waals surface area contributed by atoms with E-state index >= 15 is 0 Å². The zero-order valence-corrected chi connectivity index (χ0v) is 12.6. The van der Waals surface area contributed by atoms with Crippen LogP contribution in [0.1, 0.15) is 0 Å². The van der Waals surface area contributed by atoms with Gasteiger partial charge in [-0.1, -0.05) is 11.6 Å². The maximum Gasteiger partial charge on any atom is 0.234 e. The predicted molar refractivity (Wildman–Crippen MR) is 75.9 cm³/mol. The van der Waals surface area contributed by atoms with Crippen LogP contribution in [0, 0.1) is 5.82 Å². The second-order valence-corrected chi connectivity index (χ2v) is 5.33. The smallest absolute Gasteiger partial charge is 0.234 e. The summed E-state index contributed by atoms with van der Waals surface area (Å²) < 4.78 is 19.5. The topological polar surface area (TPSA) is 63.7 Å². The van der Waals surface area contributed by atoms with Crippen LogP contribution in [0.4, 0.5) is 4.39 Å². The molecule has 0 aliphatic heterocycles. The fourth-order valence-electron chi connectivity index (χ4n) is 1.55. The highest BCUT2D eigenvalue weighted by Gasteiger charge is 2.14. The normalized spacial score (nSPS) is 11.0. The number of aromatic nitrogens is 4. The molecule has 3 rings (SSSR count). The van der Waals surface area contributed by atoms with Gasteiger partial charge in [-0.15, -0.1) is 0 Å². The summed E-state index contributed by atoms with van der Waals surface area (Å²) in [5.74, 6) is -0.228. The molecule has 0 aliphatic carbocycles. The Morgan fingerprint density at radius 3 is 2.85 bits per heavy atom. The van der Waals surface area contributed by atoms with Crippen molar-refractivity contribution in [3.05, 3.63) is 38.9 Å². The van der Waals surface area contributed by atoms with Gasteiger partial charge in [0.15, 0.2) is 5.65 Å². The van der Waals surface area contributed by atoms with Crippen molar-refractivity contribution >= 4 is 50.2 Å². The lowest BCUT2D eigenvalue weighted by atomic mass is 10.3. The van der Waals surface area contributed by atoms with E-state index in [0.29, 0.717) is 15.5 Å². The summed E-state index contributed by atoms with van der Waals surface area (Å²) in [4.78, 5) is 7.90. The molecule has 0 aliphatic rings. The van der Waals surface area contributed by atoms with Gasteiger partial charge in [0.2, 0.25) is 11.2 Å². The SMILES string of the molecule is Fc1cc(Oc2nc(Cl)nc3[nH]ncc23)c(Br)cc1Cl. The van der Waals surface area contributed by atoms with Crippen LogP contribution in [0.25, 0.3) is 11.0 Å². The Balaban J connectivity index is 2.09. The van der Waals surface area contributed by atoms with E-state index in [9.17, 15) is 4.39 Å². The first-order chi connectivity index (χ1) is 9.54. The Morgan fingerprint density at radius 2 is 2.05 bits per heavy atom. The number of fused-ring (bicyclic) bond motifs is 1. The molecule has 0 saturated carbocycles. The fourth-order valence-corrected chi connectivity index (χ4v) is 2.43. The minimum atomic E-state index is -0.603. The molecule has 1 aromatic carbocycles. The molecule has 0 saturated heterocycles. The zero-order chi connectivity index (χ0) is 14.3. The van der Waals surface area contributed by atoms with Crippen molar-refractivity contribution in [1.82, 2.24) is 20.2 Å². The van der Waals surface area contributed by atoms with E-state index in [1.165, 1.54) is 12.3 Å². The molecule has 1 N–H and O–H groups in total. The van der Waals surface area contributed by atoms with E-state index in [0.717, 1.165) is 6.07 Å². The summed E-state index contributed by atoms with van der Waals surface area (Å²) in [6, 6.07) is 2.54. The molecular weight excluding hydrogens is 374 g/mol. The first-order valence-corrected chi connectivity index (χ1v) is 6.78. The molecule has 3 aromatic rings. The van der Waals surface area contributed by atoms with Gasteiger partial charge in [-0.2, -0.15) is 15.1 Å². The molecule has 2 aromatic heterocycles. The Labute approximate surface area is 130 Å². The van der Waals surface area contributed by atoms with Crippen LogP contribution in [0.3, 0.4) is 0 Å². The van der Waals surface area contributed by atoms with Gasteiger partial charge in [-0.25, -0.2) is 4.39 Å². The summed E-state index contributed by atoms with van der Waals surface area (Å²) in [7, 11) is 0. The highest BCUT2D eigenvalue weighted by molar-refractivity contribution is 9.10. The van der Waals surface area contributed by atoms with E-state index < -0.39 is 5.82 Å². The van der Waals surface area contributed by atoms with Gasteiger partial charge < -0.3 is 4.74 Å². The summed E-state index contributed by atoms with van der Waals surface area (Å²) in [5.41, 5.74) is 0.422. The van der Waals surface area contributed by atoms with Crippen LogP contribution in [0.15, 0.2) is 22.8 Å². The number of rotatable bonds is 2. The van der Waals surface area contributed by atoms with Crippen molar-refractivity contribution in [3.63, 3.8) is 0 Å². The van der Waals surface area contributed by atoms with Crippen molar-refractivity contribution in [2.45, 2.75) is 0 Å². The standard InChI is InChI=1S/C11H4BrCl2FN4O/c12-5-1-6(13)7(15)2-8(5)20-10-4-3-16-19-9(4)17-11(14)18-10/h1-3H,(H,16,17,18,19). The lowest BCUT2D eigenvalue weighted by Gasteiger charge is -2.08. The maximum atomic E-state index is 13.5. The molecular formula is C11H4BrCl2FN4O. The molecule has 0 amide bonds. The molecule has 5 nitrogen and oxygen atoms in total. The summed E-state index contributed by atoms with van der Waals surface area (Å²) in [5, 5.41) is 6.97. The molecule has 0 atom stereocenters. The number of hydrogen-bond acceptors (Lipinski definition) is 4. The first kappa shape index (κ1) is 13.5. The third kappa shape index (κ3) is 2.44. The minimum Gasteiger partial charge on any atom is -0.437 e. The van der Waals surface area contributed by atoms with Gasteiger partial charge in [-0.05, 0) is 33.6 Å². The second-order valence-electron chi connectivity index (χ2n) is 3.73. The number of benzene rings is 1. The van der Waals surface area contributed by atoms with Gasteiger partial charge in [0.1, 0.15) is 17.0 Å². The fraction of sp³-hybridized carbons (Fsp3) is 0. The van der Waals surface area contributed by atoms with Gasteiger partial charge in [0.05, 0.1) is 15.7 Å². The van der Waals surface area contributed by atoms with Crippen molar-refractivity contribution in [1.29, 1.82) is 0 Å². The number of ether oxygens (including phenoxy) is 1. The second kappa shape index (κ2) is 5.16. The van der Waals surface area contributed by atoms with Gasteiger partial charge in [0, 0.05) is 6.07 Å². The Kier molecular flexibility index (Phi) is 3.49. The Morgan fingerprint density at radius 1 is 1.25 bits per heavy atom. The van der Waals surface area contributed by atoms with Crippen molar-refractivity contribution in [3.8, 4) is 11.6 Å². The first-order valence-electron chi connectivity index (χ1n) is 5.23. The monoisotopic (exact) mass is 376 g/mol. The van der Waals surface area contributed by atoms with E-state index in [-0.39, 0.29) is 21.9 Å². The molecule has 0 spiro atoms. The van der Waals surface area contributed by atoms with Crippen LogP contribution in [0.5, 0.6) is 11.6 Å². The maximum absolute atomic E-state index is 13.5. The molecule has 0 fully saturated rings. The molecule has 2 heterocycles. The number of nitrogens with zero attached hydrogens (tertiary/aromatic N) is 3. The quantitative estimate of drug-likeness (QED) is 0.532. The van der Waals surface area contributed by atoms with E-state index in [2.05, 4.69) is 36.1 Å². The summed E-state index contributed by atoms with van der Waals surface area (Å²) in [6.45, 7) is 0. The molecule has 9 heteroatoms. The largest absolute Gasteiger partial charge is 0.437 e. The van der Waals surface area contributed by atoms with Gasteiger partial charge >= 0.3 is 0 Å². The highest BCUT2D eigenvalue weighted by atomic mass is 79.9. The van der Waals surface area contributed by atoms with Crippen LogP contribution < -0.4 is 4.74 Å². The lowest BCUT2D eigenvalue weighted by Crippen LogP contribution is -1.93. The number of halogens is 4. The number of nitrogens with one attached hydrogen (secondary N) is 1. The Bertz CT molecular complexity index is 810. The number of hydrogen-bond donors (Lipinski definition) is 1. The van der Waals surface area contributed by atoms with Gasteiger partial charge in [0.25, 0.3) is 0 Å². The average Bonchev–Trinajstić information content (AvgIpc) is 2.84. The van der Waals surface area contributed by atoms with Crippen molar-refractivity contribution < 1.29 is 9.13 Å². The molecule has 102 valence electrons. The highest BCUT2D eigenvalue weighted by Crippen LogP contribution is 2.35. The summed E-state index contributed by atoms with van der Waals surface area (Å²) >= 11 is 14.7. The Hall–Kier alpha value is -1.44. The predicted octanol–water partition coefficient (Wildman–Crippen LogP) is 4.35. The van der Waals surface area contributed by atoms with Crippen LogP contribution in [-0.2, 0) is 0 Å².